The molecule has 5 heteroatoms. The Bertz CT molecular complexity index is 1100. The summed E-state index contributed by atoms with van der Waals surface area (Å²) in [6.07, 6.45) is 6.84. The van der Waals surface area contributed by atoms with E-state index in [4.69, 9.17) is 16.9 Å². The van der Waals surface area contributed by atoms with Gasteiger partial charge in [0.1, 0.15) is 6.10 Å². The number of carbonyl (C=O) groups is 1. The fourth-order valence-corrected chi connectivity index (χ4v) is 4.30. The Hall–Kier alpha value is -3.36. The molecule has 146 valence electrons. The van der Waals surface area contributed by atoms with E-state index < -0.39 is 12.2 Å². The van der Waals surface area contributed by atoms with Gasteiger partial charge in [0.05, 0.1) is 12.1 Å². The average molecular weight is 385 g/mol. The van der Waals surface area contributed by atoms with E-state index in [9.17, 15) is 4.79 Å². The van der Waals surface area contributed by atoms with Crippen LogP contribution in [-0.2, 0) is 17.7 Å². The molecule has 0 saturated heterocycles. The highest BCUT2D eigenvalue weighted by Crippen LogP contribution is 2.46. The largest absolute Gasteiger partial charge is 0.441 e. The van der Waals surface area contributed by atoms with Crippen LogP contribution in [0.15, 0.2) is 54.7 Å². The molecule has 2 atom stereocenters. The van der Waals surface area contributed by atoms with E-state index in [0.29, 0.717) is 6.54 Å². The molecule has 1 aliphatic rings. The second-order valence-corrected chi connectivity index (χ2v) is 7.46. The normalized spacial score (nSPS) is 17.8. The van der Waals surface area contributed by atoms with Crippen molar-refractivity contribution < 1.29 is 9.53 Å². The van der Waals surface area contributed by atoms with Gasteiger partial charge < -0.3 is 10.5 Å². The predicted octanol–water partition coefficient (Wildman–Crippen LogP) is 3.78. The summed E-state index contributed by atoms with van der Waals surface area (Å²) in [5.41, 5.74) is 10.7. The van der Waals surface area contributed by atoms with Crippen molar-refractivity contribution in [2.24, 2.45) is 5.73 Å². The minimum Gasteiger partial charge on any atom is -0.441 e. The Morgan fingerprint density at radius 1 is 1.24 bits per heavy atom. The highest BCUT2D eigenvalue weighted by atomic mass is 16.6. The summed E-state index contributed by atoms with van der Waals surface area (Å²) in [6, 6.07) is 16.3. The molecule has 0 radical (unpaired) electrons. The first-order valence-corrected chi connectivity index (χ1v) is 9.61. The van der Waals surface area contributed by atoms with Gasteiger partial charge in [0.25, 0.3) is 0 Å². The third-order valence-corrected chi connectivity index (χ3v) is 5.50. The van der Waals surface area contributed by atoms with Gasteiger partial charge in [-0.3, -0.25) is 9.88 Å². The maximum Gasteiger partial charge on any atom is 0.405 e. The topological polar surface area (TPSA) is 68.5 Å². The zero-order valence-electron chi connectivity index (χ0n) is 16.3. The number of carbonyl (C=O) groups excluding carboxylic acids is 1. The van der Waals surface area contributed by atoms with Crippen LogP contribution in [-0.4, -0.2) is 29.6 Å². The van der Waals surface area contributed by atoms with Gasteiger partial charge in [-0.2, -0.15) is 0 Å². The van der Waals surface area contributed by atoms with E-state index in [0.717, 1.165) is 40.6 Å². The number of primary amides is 1. The second-order valence-electron chi connectivity index (χ2n) is 7.46. The zero-order chi connectivity index (χ0) is 20.4. The monoisotopic (exact) mass is 385 g/mol. The Labute approximate surface area is 170 Å². The van der Waals surface area contributed by atoms with Crippen LogP contribution in [0, 0.1) is 12.3 Å². The lowest BCUT2D eigenvalue weighted by Crippen LogP contribution is -2.20. The highest BCUT2D eigenvalue weighted by Gasteiger charge is 2.37. The number of nitrogens with zero attached hydrogens (tertiary/aromatic N) is 2. The van der Waals surface area contributed by atoms with Crippen molar-refractivity contribution in [1.82, 2.24) is 9.88 Å². The molecule has 1 heterocycles. The molecular formula is C24H23N3O2. The minimum absolute atomic E-state index is 0.0326. The number of rotatable bonds is 5. The van der Waals surface area contributed by atoms with Crippen LogP contribution in [0.1, 0.15) is 34.3 Å². The SMILES string of the molecule is C#CCN(C)Cc1ccc(C2Cc3ccccc3[C@@H]2OC(N)=O)c2ncccc12. The van der Waals surface area contributed by atoms with E-state index in [1.165, 1.54) is 5.56 Å². The lowest BCUT2D eigenvalue weighted by molar-refractivity contribution is 0.0964. The summed E-state index contributed by atoms with van der Waals surface area (Å²) >= 11 is 0. The summed E-state index contributed by atoms with van der Waals surface area (Å²) in [4.78, 5) is 18.4. The number of hydrogen-bond donors (Lipinski definition) is 1. The molecule has 2 aromatic carbocycles. The average Bonchev–Trinajstić information content (AvgIpc) is 3.06. The van der Waals surface area contributed by atoms with Crippen molar-refractivity contribution in [2.45, 2.75) is 25.0 Å². The molecule has 1 aliphatic carbocycles. The molecule has 4 rings (SSSR count). The number of nitrogens with two attached hydrogens (primary N) is 1. The van der Waals surface area contributed by atoms with Gasteiger partial charge in [-0.25, -0.2) is 4.79 Å². The fraction of sp³-hybridized carbons (Fsp3) is 0.250. The van der Waals surface area contributed by atoms with Crippen LogP contribution in [0.25, 0.3) is 10.9 Å². The lowest BCUT2D eigenvalue weighted by Gasteiger charge is -2.23. The minimum atomic E-state index is -0.763. The Morgan fingerprint density at radius 2 is 2.07 bits per heavy atom. The van der Waals surface area contributed by atoms with Crippen molar-refractivity contribution in [3.8, 4) is 12.3 Å². The number of ether oxygens (including phenoxy) is 1. The third-order valence-electron chi connectivity index (χ3n) is 5.50. The van der Waals surface area contributed by atoms with Gasteiger partial charge >= 0.3 is 6.09 Å². The van der Waals surface area contributed by atoms with Gasteiger partial charge in [0.2, 0.25) is 0 Å². The van der Waals surface area contributed by atoms with E-state index in [2.05, 4.69) is 40.1 Å². The molecule has 29 heavy (non-hydrogen) atoms. The Kier molecular flexibility index (Phi) is 5.20. The van der Waals surface area contributed by atoms with Crippen molar-refractivity contribution in [2.75, 3.05) is 13.6 Å². The van der Waals surface area contributed by atoms with Gasteiger partial charge in [-0.05, 0) is 41.8 Å². The summed E-state index contributed by atoms with van der Waals surface area (Å²) in [5.74, 6) is 2.64. The second kappa shape index (κ2) is 7.94. The van der Waals surface area contributed by atoms with Crippen LogP contribution in [0.2, 0.25) is 0 Å². The number of terminal acetylenes is 1. The van der Waals surface area contributed by atoms with Gasteiger partial charge in [-0.1, -0.05) is 48.4 Å². The molecule has 0 fully saturated rings. The highest BCUT2D eigenvalue weighted by molar-refractivity contribution is 5.86. The number of amides is 1. The Morgan fingerprint density at radius 3 is 2.86 bits per heavy atom. The standard InChI is InChI=1S/C24H23N3O2/c1-3-13-27(2)15-17-10-11-20(22-18(17)9-6-12-26-22)21-14-16-7-4-5-8-19(16)23(21)29-24(25)28/h1,4-12,21,23H,13-15H2,2H3,(H2,25,28)/t21?,23-/m0/s1. The number of benzene rings is 2. The summed E-state index contributed by atoms with van der Waals surface area (Å²) in [6.45, 7) is 1.31. The third kappa shape index (κ3) is 3.67. The molecule has 0 aliphatic heterocycles. The summed E-state index contributed by atoms with van der Waals surface area (Å²) in [5, 5.41) is 1.09. The molecule has 2 N–H and O–H groups in total. The zero-order valence-corrected chi connectivity index (χ0v) is 16.3. The number of hydrogen-bond acceptors (Lipinski definition) is 4. The Balaban J connectivity index is 1.78. The summed E-state index contributed by atoms with van der Waals surface area (Å²) in [7, 11) is 2.00. The van der Waals surface area contributed by atoms with Crippen LogP contribution in [0.4, 0.5) is 4.79 Å². The van der Waals surface area contributed by atoms with Crippen LogP contribution in [0.3, 0.4) is 0 Å². The fourth-order valence-electron chi connectivity index (χ4n) is 4.30. The van der Waals surface area contributed by atoms with Crippen molar-refractivity contribution in [1.29, 1.82) is 0 Å². The van der Waals surface area contributed by atoms with E-state index in [-0.39, 0.29) is 5.92 Å². The molecule has 3 aromatic rings. The predicted molar refractivity (Wildman–Crippen MR) is 113 cm³/mol. The molecule has 1 aromatic heterocycles. The molecule has 0 bridgehead atoms. The number of pyridine rings is 1. The van der Waals surface area contributed by atoms with Gasteiger partial charge in [0.15, 0.2) is 0 Å². The van der Waals surface area contributed by atoms with Crippen molar-refractivity contribution >= 4 is 17.0 Å². The maximum absolute atomic E-state index is 11.6. The molecule has 0 spiro atoms. The maximum atomic E-state index is 11.6. The van der Waals surface area contributed by atoms with E-state index in [1.807, 2.05) is 31.3 Å². The van der Waals surface area contributed by atoms with Crippen molar-refractivity contribution in [3.05, 3.63) is 77.0 Å². The van der Waals surface area contributed by atoms with Crippen LogP contribution >= 0.6 is 0 Å². The molecule has 1 unspecified atom stereocenters. The molecule has 0 saturated carbocycles. The molecular weight excluding hydrogens is 362 g/mol. The van der Waals surface area contributed by atoms with E-state index >= 15 is 0 Å². The smallest absolute Gasteiger partial charge is 0.405 e. The van der Waals surface area contributed by atoms with E-state index in [1.54, 1.807) is 6.20 Å². The quantitative estimate of drug-likeness (QED) is 0.679. The van der Waals surface area contributed by atoms with Gasteiger partial charge in [0, 0.05) is 24.0 Å². The first-order valence-electron chi connectivity index (χ1n) is 9.61. The van der Waals surface area contributed by atoms with Crippen LogP contribution < -0.4 is 5.73 Å². The van der Waals surface area contributed by atoms with Crippen LogP contribution in [0.5, 0.6) is 0 Å². The first-order chi connectivity index (χ1) is 14.1. The van der Waals surface area contributed by atoms with Crippen molar-refractivity contribution in [3.63, 3.8) is 0 Å². The number of aromatic nitrogens is 1. The number of fused-ring (bicyclic) bond motifs is 2. The lowest BCUT2D eigenvalue weighted by atomic mass is 9.90. The first kappa shape index (κ1) is 19.0. The summed E-state index contributed by atoms with van der Waals surface area (Å²) < 4.78 is 5.56. The van der Waals surface area contributed by atoms with Gasteiger partial charge in [-0.15, -0.1) is 6.42 Å². The molecule has 1 amide bonds. The molecule has 5 nitrogen and oxygen atoms in total.